The zero-order valence-electron chi connectivity index (χ0n) is 25.8. The number of carbonyl (C=O) groups excluding carboxylic acids is 1. The molecule has 2 fully saturated rings. The summed E-state index contributed by atoms with van der Waals surface area (Å²) in [6, 6.07) is 10.8. The van der Waals surface area contributed by atoms with Gasteiger partial charge >= 0.3 is 5.97 Å². The summed E-state index contributed by atoms with van der Waals surface area (Å²) < 4.78 is 10.7. The van der Waals surface area contributed by atoms with Crippen molar-refractivity contribution in [3.8, 4) is 17.3 Å². The van der Waals surface area contributed by atoms with Gasteiger partial charge in [0.25, 0.3) is 0 Å². The van der Waals surface area contributed by atoms with Gasteiger partial charge < -0.3 is 25.4 Å². The Morgan fingerprint density at radius 3 is 2.57 bits per heavy atom. The Morgan fingerprint density at radius 2 is 1.93 bits per heavy atom. The van der Waals surface area contributed by atoms with Gasteiger partial charge in [0.2, 0.25) is 0 Å². The molecule has 0 amide bonds. The van der Waals surface area contributed by atoms with Gasteiger partial charge in [0.1, 0.15) is 17.2 Å². The molecule has 1 atom stereocenters. The van der Waals surface area contributed by atoms with Crippen LogP contribution in [-0.2, 0) is 14.3 Å². The van der Waals surface area contributed by atoms with Gasteiger partial charge in [-0.3, -0.25) is 4.79 Å². The summed E-state index contributed by atoms with van der Waals surface area (Å²) in [7, 11) is 1.81. The van der Waals surface area contributed by atoms with Gasteiger partial charge in [-0.15, -0.1) is 0 Å². The van der Waals surface area contributed by atoms with Gasteiger partial charge in [0.15, 0.2) is 0 Å². The number of aromatic nitrogens is 2. The molecule has 1 saturated heterocycles. The summed E-state index contributed by atoms with van der Waals surface area (Å²) in [5.41, 5.74) is 0.795. The molecule has 1 saturated carbocycles. The molecule has 0 bridgehead atoms. The van der Waals surface area contributed by atoms with Gasteiger partial charge in [0.05, 0.1) is 28.6 Å². The van der Waals surface area contributed by atoms with Crippen molar-refractivity contribution in [2.45, 2.75) is 96.7 Å². The van der Waals surface area contributed by atoms with Crippen molar-refractivity contribution in [3.63, 3.8) is 0 Å². The Balaban J connectivity index is 0.000000250. The maximum atomic E-state index is 11.6. The van der Waals surface area contributed by atoms with Crippen LogP contribution >= 0.6 is 11.6 Å². The van der Waals surface area contributed by atoms with Crippen LogP contribution in [0.15, 0.2) is 30.5 Å². The Hall–Kier alpha value is -2.93. The molecule has 2 aromatic heterocycles. The van der Waals surface area contributed by atoms with E-state index in [2.05, 4.69) is 38.9 Å². The maximum Gasteiger partial charge on any atom is 0.307 e. The molecule has 2 aliphatic rings. The molecule has 3 N–H and O–H groups in total. The lowest BCUT2D eigenvalue weighted by Crippen LogP contribution is -2.39. The minimum absolute atomic E-state index is 0.103. The quantitative estimate of drug-likeness (QED) is 0.274. The molecule has 10 heteroatoms. The molecule has 4 rings (SSSR count). The zero-order valence-corrected chi connectivity index (χ0v) is 26.5. The Morgan fingerprint density at radius 1 is 1.21 bits per heavy atom. The number of nitriles is 1. The fourth-order valence-corrected chi connectivity index (χ4v) is 5.37. The van der Waals surface area contributed by atoms with Crippen molar-refractivity contribution in [1.29, 1.82) is 5.26 Å². The van der Waals surface area contributed by atoms with Crippen LogP contribution in [0.25, 0.3) is 11.3 Å². The number of hydrogen-bond acceptors (Lipinski definition) is 9. The third-order valence-corrected chi connectivity index (χ3v) is 7.75. The van der Waals surface area contributed by atoms with E-state index in [1.54, 1.807) is 13.2 Å². The van der Waals surface area contributed by atoms with E-state index in [1.807, 2.05) is 45.0 Å². The summed E-state index contributed by atoms with van der Waals surface area (Å²) in [5.74, 6) is 1.34. The van der Waals surface area contributed by atoms with Crippen molar-refractivity contribution >= 4 is 29.2 Å². The van der Waals surface area contributed by atoms with Crippen molar-refractivity contribution in [2.75, 3.05) is 37.4 Å². The van der Waals surface area contributed by atoms with E-state index >= 15 is 0 Å². The van der Waals surface area contributed by atoms with Crippen molar-refractivity contribution in [2.24, 2.45) is 5.41 Å². The van der Waals surface area contributed by atoms with Gasteiger partial charge in [-0.05, 0) is 71.6 Å². The number of hydrogen-bond donors (Lipinski definition) is 3. The minimum Gasteiger partial charge on any atom is -0.460 e. The average molecular weight is 599 g/mol. The highest BCUT2D eigenvalue weighted by atomic mass is 35.5. The predicted octanol–water partition coefficient (Wildman–Crippen LogP) is 6.60. The fourth-order valence-electron chi connectivity index (χ4n) is 5.17. The van der Waals surface area contributed by atoms with Crippen molar-refractivity contribution < 1.29 is 14.3 Å². The van der Waals surface area contributed by atoms with E-state index in [9.17, 15) is 10.1 Å². The third kappa shape index (κ3) is 11.0. The fraction of sp³-hybridized carbons (Fsp3) is 0.625. The topological polar surface area (TPSA) is 121 Å². The van der Waals surface area contributed by atoms with Gasteiger partial charge in [-0.1, -0.05) is 36.9 Å². The SMILES string of the molecule is CNc1cc(-c2cccc(NCC3(C#N)CCOCC3)n2)c(Cl)cn1.C[C@H](CC(=O)OC(C)(C)C)NC1CCCCC1. The number of nitrogens with zero attached hydrogens (tertiary/aromatic N) is 3. The number of pyridine rings is 2. The predicted molar refractivity (Wildman–Crippen MR) is 169 cm³/mol. The number of esters is 1. The first-order valence-electron chi connectivity index (χ1n) is 15.0. The lowest BCUT2D eigenvalue weighted by atomic mass is 9.82. The number of rotatable bonds is 9. The van der Waals surface area contributed by atoms with Gasteiger partial charge in [-0.2, -0.15) is 5.26 Å². The standard InChI is InChI=1S/C18H20ClN5O.C14H27NO2/c1-21-17-9-13(14(19)10-22-17)15-3-2-4-16(24-15)23-12-18(11-20)5-7-25-8-6-18;1-11(10-13(16)17-14(2,3)4)15-12-8-6-5-7-9-12/h2-4,9-10H,5-8,12H2,1H3,(H,21,22)(H,23,24);11-12,15H,5-10H2,1-4H3/t;11-/m.1/s1. The molecule has 0 aromatic carbocycles. The second kappa shape index (κ2) is 16.1. The van der Waals surface area contributed by atoms with Crippen LogP contribution in [0.3, 0.4) is 0 Å². The Labute approximate surface area is 256 Å². The molecule has 42 heavy (non-hydrogen) atoms. The van der Waals surface area contributed by atoms with Crippen LogP contribution in [-0.4, -0.2) is 60.4 Å². The molecule has 1 aliphatic carbocycles. The van der Waals surface area contributed by atoms with Crippen LogP contribution in [0, 0.1) is 16.7 Å². The first-order valence-corrected chi connectivity index (χ1v) is 15.4. The Kier molecular flexibility index (Phi) is 12.8. The lowest BCUT2D eigenvalue weighted by molar-refractivity contribution is -0.155. The maximum absolute atomic E-state index is 11.6. The largest absolute Gasteiger partial charge is 0.460 e. The van der Waals surface area contributed by atoms with Crippen molar-refractivity contribution in [3.05, 3.63) is 35.5 Å². The number of nitrogens with one attached hydrogen (secondary N) is 3. The Bertz CT molecular complexity index is 1180. The number of anilines is 2. The molecule has 230 valence electrons. The van der Waals surface area contributed by atoms with Gasteiger partial charge in [-0.25, -0.2) is 9.97 Å². The van der Waals surface area contributed by atoms with Crippen LogP contribution < -0.4 is 16.0 Å². The molecule has 9 nitrogen and oxygen atoms in total. The van der Waals surface area contributed by atoms with Crippen LogP contribution in [0.5, 0.6) is 0 Å². The normalized spacial score (nSPS) is 17.6. The van der Waals surface area contributed by atoms with E-state index in [-0.39, 0.29) is 17.6 Å². The second-order valence-electron chi connectivity index (χ2n) is 12.3. The van der Waals surface area contributed by atoms with E-state index in [4.69, 9.17) is 21.1 Å². The molecule has 3 heterocycles. The summed E-state index contributed by atoms with van der Waals surface area (Å²) in [4.78, 5) is 20.5. The monoisotopic (exact) mass is 598 g/mol. The first-order chi connectivity index (χ1) is 20.0. The van der Waals surface area contributed by atoms with E-state index in [0.717, 1.165) is 35.7 Å². The summed E-state index contributed by atoms with van der Waals surface area (Å²) in [6.45, 7) is 9.59. The van der Waals surface area contributed by atoms with Crippen LogP contribution in [0.1, 0.15) is 79.1 Å². The highest BCUT2D eigenvalue weighted by molar-refractivity contribution is 6.33. The molecule has 1 aliphatic heterocycles. The summed E-state index contributed by atoms with van der Waals surface area (Å²) in [5, 5.41) is 19.9. The lowest BCUT2D eigenvalue weighted by Gasteiger charge is -2.30. The highest BCUT2D eigenvalue weighted by Gasteiger charge is 2.32. The molecular formula is C32H47ClN6O3. The average Bonchev–Trinajstić information content (AvgIpc) is 2.97. The molecular weight excluding hydrogens is 552 g/mol. The molecule has 0 radical (unpaired) electrons. The zero-order chi connectivity index (χ0) is 30.6. The summed E-state index contributed by atoms with van der Waals surface area (Å²) in [6.07, 6.45) is 10.0. The van der Waals surface area contributed by atoms with E-state index < -0.39 is 5.41 Å². The first kappa shape index (κ1) is 33.6. The van der Waals surface area contributed by atoms with Crippen molar-refractivity contribution in [1.82, 2.24) is 15.3 Å². The van der Waals surface area contributed by atoms with E-state index in [1.165, 1.54) is 32.1 Å². The molecule has 0 spiro atoms. The number of halogens is 1. The molecule has 2 aromatic rings. The van der Waals surface area contributed by atoms with Crippen LogP contribution in [0.4, 0.5) is 11.6 Å². The highest BCUT2D eigenvalue weighted by Crippen LogP contribution is 2.31. The van der Waals surface area contributed by atoms with Crippen LogP contribution in [0.2, 0.25) is 5.02 Å². The third-order valence-electron chi connectivity index (χ3n) is 7.45. The second-order valence-corrected chi connectivity index (χ2v) is 12.7. The van der Waals surface area contributed by atoms with E-state index in [0.29, 0.717) is 37.2 Å². The number of carbonyl (C=O) groups is 1. The number of ether oxygens (including phenoxy) is 2. The smallest absolute Gasteiger partial charge is 0.307 e. The van der Waals surface area contributed by atoms with Gasteiger partial charge in [0, 0.05) is 50.7 Å². The summed E-state index contributed by atoms with van der Waals surface area (Å²) >= 11 is 6.28. The minimum atomic E-state index is -0.399. The molecule has 0 unspecified atom stereocenters.